The molecule has 4 nitrogen and oxygen atoms in total. The second-order valence-corrected chi connectivity index (χ2v) is 11.0. The summed E-state index contributed by atoms with van der Waals surface area (Å²) in [6, 6.07) is 1.61. The van der Waals surface area contributed by atoms with Gasteiger partial charge in [0, 0.05) is 15.2 Å². The van der Waals surface area contributed by atoms with Crippen molar-refractivity contribution in [2.24, 2.45) is 23.2 Å². The Morgan fingerprint density at radius 3 is 2.07 bits per heavy atom. The minimum atomic E-state index is -0.493. The highest BCUT2D eigenvalue weighted by atomic mass is 32.1. The predicted octanol–water partition coefficient (Wildman–Crippen LogP) is 4.26. The first-order chi connectivity index (χ1) is 12.8. The lowest BCUT2D eigenvalue weighted by Crippen LogP contribution is -2.56. The van der Waals surface area contributed by atoms with E-state index in [9.17, 15) is 9.59 Å². The summed E-state index contributed by atoms with van der Waals surface area (Å²) in [6.07, 6.45) is 7.05. The number of carbonyl (C=O) groups excluding carboxylic acids is 2. The molecule has 0 aromatic carbocycles. The molecule has 4 aliphatic rings. The molecule has 1 heterocycles. The number of rotatable bonds is 5. The zero-order chi connectivity index (χ0) is 19.3. The Morgan fingerprint density at radius 2 is 1.59 bits per heavy atom. The lowest BCUT2D eigenvalue weighted by atomic mass is 9.49. The minimum absolute atomic E-state index is 0.0404. The van der Waals surface area contributed by atoms with Crippen molar-refractivity contribution in [1.82, 2.24) is 10.6 Å². The third-order valence-electron chi connectivity index (χ3n) is 7.17. The summed E-state index contributed by atoms with van der Waals surface area (Å²) in [7, 11) is 0. The fraction of sp³-hybridized carbons (Fsp3) is 0.727. The van der Waals surface area contributed by atoms with E-state index in [1.54, 1.807) is 11.3 Å². The number of amides is 2. The molecule has 0 saturated heterocycles. The SMILES string of the molecule is Cc1cc([C@H](C)NC(=O)[C@@H](C)NC(=O)C23CC4CC(CC(C4)C2)C3)c(C)s1. The molecule has 0 radical (unpaired) electrons. The Labute approximate surface area is 166 Å². The van der Waals surface area contributed by atoms with Crippen LogP contribution in [0.3, 0.4) is 0 Å². The largest absolute Gasteiger partial charge is 0.348 e. The molecule has 2 atom stereocenters. The number of thiophene rings is 1. The standard InChI is InChI=1S/C22H32N2O2S/c1-12-5-19(15(4)27-12)13(2)23-20(25)14(3)24-21(26)22-9-16-6-17(10-22)8-18(7-16)11-22/h5,13-14,16-18H,6-11H2,1-4H3,(H,23,25)(H,24,26)/t13-,14+,16?,17?,18?,22?/m0/s1. The molecule has 0 spiro atoms. The molecule has 4 bridgehead atoms. The highest BCUT2D eigenvalue weighted by Gasteiger charge is 2.54. The average molecular weight is 389 g/mol. The topological polar surface area (TPSA) is 58.2 Å². The van der Waals surface area contributed by atoms with Crippen molar-refractivity contribution in [2.75, 3.05) is 0 Å². The van der Waals surface area contributed by atoms with Crippen molar-refractivity contribution in [3.05, 3.63) is 21.4 Å². The van der Waals surface area contributed by atoms with E-state index >= 15 is 0 Å². The molecule has 1 aromatic heterocycles. The number of aryl methyl sites for hydroxylation is 2. The fourth-order valence-electron chi connectivity index (χ4n) is 6.30. The number of carbonyl (C=O) groups is 2. The van der Waals surface area contributed by atoms with E-state index in [0.29, 0.717) is 0 Å². The summed E-state index contributed by atoms with van der Waals surface area (Å²) in [5.74, 6) is 2.23. The van der Waals surface area contributed by atoms with Crippen LogP contribution in [-0.4, -0.2) is 17.9 Å². The van der Waals surface area contributed by atoms with Gasteiger partial charge in [-0.25, -0.2) is 0 Å². The monoisotopic (exact) mass is 388 g/mol. The maximum absolute atomic E-state index is 13.1. The third-order valence-corrected chi connectivity index (χ3v) is 8.15. The molecular weight excluding hydrogens is 356 g/mol. The summed E-state index contributed by atoms with van der Waals surface area (Å²) in [6.45, 7) is 8.00. The van der Waals surface area contributed by atoms with Gasteiger partial charge in [-0.05, 0) is 95.6 Å². The van der Waals surface area contributed by atoms with Crippen molar-refractivity contribution < 1.29 is 9.59 Å². The van der Waals surface area contributed by atoms with Crippen LogP contribution in [0.4, 0.5) is 0 Å². The second kappa shape index (κ2) is 6.91. The van der Waals surface area contributed by atoms with Crippen LogP contribution in [0.5, 0.6) is 0 Å². The molecule has 1 aromatic rings. The Hall–Kier alpha value is -1.36. The number of hydrogen-bond donors (Lipinski definition) is 2. The summed E-state index contributed by atoms with van der Waals surface area (Å²) in [5.41, 5.74) is 0.973. The Bertz CT molecular complexity index is 718. The molecule has 4 fully saturated rings. The molecule has 0 aliphatic heterocycles. The highest BCUT2D eigenvalue weighted by molar-refractivity contribution is 7.12. The van der Waals surface area contributed by atoms with Crippen LogP contribution in [0.25, 0.3) is 0 Å². The maximum atomic E-state index is 13.1. The molecule has 27 heavy (non-hydrogen) atoms. The molecule has 4 aliphatic carbocycles. The van der Waals surface area contributed by atoms with Crippen LogP contribution in [-0.2, 0) is 9.59 Å². The van der Waals surface area contributed by atoms with Gasteiger partial charge >= 0.3 is 0 Å². The number of nitrogens with one attached hydrogen (secondary N) is 2. The Morgan fingerprint density at radius 1 is 1.04 bits per heavy atom. The summed E-state index contributed by atoms with van der Waals surface area (Å²) >= 11 is 1.75. The van der Waals surface area contributed by atoms with E-state index in [0.717, 1.165) is 37.0 Å². The van der Waals surface area contributed by atoms with Gasteiger partial charge in [0.1, 0.15) is 6.04 Å². The third kappa shape index (κ3) is 3.55. The smallest absolute Gasteiger partial charge is 0.242 e. The maximum Gasteiger partial charge on any atom is 0.242 e. The lowest BCUT2D eigenvalue weighted by Gasteiger charge is -2.55. The zero-order valence-electron chi connectivity index (χ0n) is 16.9. The van der Waals surface area contributed by atoms with Crippen molar-refractivity contribution >= 4 is 23.2 Å². The average Bonchev–Trinajstić information content (AvgIpc) is 2.92. The molecule has 0 unspecified atom stereocenters. The van der Waals surface area contributed by atoms with Gasteiger partial charge in [0.15, 0.2) is 0 Å². The lowest BCUT2D eigenvalue weighted by molar-refractivity contribution is -0.148. The Kier molecular flexibility index (Phi) is 4.86. The van der Waals surface area contributed by atoms with Crippen LogP contribution in [0.15, 0.2) is 6.07 Å². The van der Waals surface area contributed by atoms with Gasteiger partial charge in [0.05, 0.1) is 6.04 Å². The molecule has 2 amide bonds. The normalized spacial score (nSPS) is 33.6. The molecule has 4 saturated carbocycles. The zero-order valence-corrected chi connectivity index (χ0v) is 17.7. The highest BCUT2D eigenvalue weighted by Crippen LogP contribution is 2.60. The van der Waals surface area contributed by atoms with Crippen molar-refractivity contribution in [2.45, 2.75) is 78.3 Å². The van der Waals surface area contributed by atoms with E-state index in [1.807, 2.05) is 13.8 Å². The van der Waals surface area contributed by atoms with Crippen molar-refractivity contribution in [3.63, 3.8) is 0 Å². The van der Waals surface area contributed by atoms with Gasteiger partial charge in [-0.1, -0.05) is 0 Å². The van der Waals surface area contributed by atoms with Crippen LogP contribution < -0.4 is 10.6 Å². The van der Waals surface area contributed by atoms with Crippen molar-refractivity contribution in [1.29, 1.82) is 0 Å². The predicted molar refractivity (Wildman–Crippen MR) is 109 cm³/mol. The molecule has 2 N–H and O–H groups in total. The fourth-order valence-corrected chi connectivity index (χ4v) is 7.32. The van der Waals surface area contributed by atoms with E-state index in [1.165, 1.54) is 34.6 Å². The first kappa shape index (κ1) is 19.0. The summed E-state index contributed by atoms with van der Waals surface area (Å²) < 4.78 is 0. The number of hydrogen-bond acceptors (Lipinski definition) is 3. The van der Waals surface area contributed by atoms with Gasteiger partial charge in [0.2, 0.25) is 11.8 Å². The van der Waals surface area contributed by atoms with Gasteiger partial charge in [-0.3, -0.25) is 9.59 Å². The van der Waals surface area contributed by atoms with E-state index < -0.39 is 6.04 Å². The molecule has 5 heteroatoms. The van der Waals surface area contributed by atoms with Crippen molar-refractivity contribution in [3.8, 4) is 0 Å². The van der Waals surface area contributed by atoms with Crippen LogP contribution in [0, 0.1) is 37.0 Å². The molecule has 148 valence electrons. The first-order valence-electron chi connectivity index (χ1n) is 10.4. The second-order valence-electron chi connectivity index (χ2n) is 9.49. The minimum Gasteiger partial charge on any atom is -0.348 e. The van der Waals surface area contributed by atoms with E-state index in [2.05, 4.69) is 30.5 Å². The quantitative estimate of drug-likeness (QED) is 0.792. The van der Waals surface area contributed by atoms with Crippen LogP contribution >= 0.6 is 11.3 Å². The molecule has 5 rings (SSSR count). The molecular formula is C22H32N2O2S. The van der Waals surface area contributed by atoms with Gasteiger partial charge in [-0.2, -0.15) is 0 Å². The van der Waals surface area contributed by atoms with Gasteiger partial charge < -0.3 is 10.6 Å². The van der Waals surface area contributed by atoms with E-state index in [4.69, 9.17) is 0 Å². The summed E-state index contributed by atoms with van der Waals surface area (Å²) in [5, 5.41) is 6.15. The Balaban J connectivity index is 1.37. The van der Waals surface area contributed by atoms with Gasteiger partial charge in [0.25, 0.3) is 0 Å². The van der Waals surface area contributed by atoms with Crippen LogP contribution in [0.1, 0.15) is 73.7 Å². The van der Waals surface area contributed by atoms with Gasteiger partial charge in [-0.15, -0.1) is 11.3 Å². The summed E-state index contributed by atoms with van der Waals surface area (Å²) in [4.78, 5) is 28.3. The first-order valence-corrected chi connectivity index (χ1v) is 11.3. The van der Waals surface area contributed by atoms with E-state index in [-0.39, 0.29) is 23.3 Å². The van der Waals surface area contributed by atoms with Crippen LogP contribution in [0.2, 0.25) is 0 Å².